The Hall–Kier alpha value is 0.774. The molecule has 4 saturated carbocycles. The van der Waals surface area contributed by atoms with Gasteiger partial charge in [0.2, 0.25) is 0 Å². The summed E-state index contributed by atoms with van der Waals surface area (Å²) >= 11 is 0. The van der Waals surface area contributed by atoms with Crippen molar-refractivity contribution >= 4 is 32.0 Å². The third-order valence-corrected chi connectivity index (χ3v) is 23.2. The van der Waals surface area contributed by atoms with Gasteiger partial charge < -0.3 is 0 Å². The minimum atomic E-state index is -1.47. The van der Waals surface area contributed by atoms with E-state index < -0.39 is 16.1 Å². The van der Waals surface area contributed by atoms with Crippen LogP contribution in [0.5, 0.6) is 0 Å². The number of hydrogen-bond acceptors (Lipinski definition) is 0. The Kier molecular flexibility index (Phi) is 9.00. The Morgan fingerprint density at radius 3 is 1.49 bits per heavy atom. The number of allylic oxidation sites excluding steroid dienone is 4. The second kappa shape index (κ2) is 10.7. The van der Waals surface area contributed by atoms with Crippen molar-refractivity contribution in [3.8, 4) is 0 Å². The van der Waals surface area contributed by atoms with E-state index in [4.69, 9.17) is 0 Å². The van der Waals surface area contributed by atoms with Gasteiger partial charge in [0, 0.05) is 5.92 Å². The molecule has 0 nitrogen and oxygen atoms in total. The molecule has 0 saturated heterocycles. The van der Waals surface area contributed by atoms with Crippen molar-refractivity contribution in [2.24, 2.45) is 29.6 Å². The summed E-state index contributed by atoms with van der Waals surface area (Å²) in [4.78, 5) is 0. The van der Waals surface area contributed by atoms with Crippen molar-refractivity contribution in [2.45, 2.75) is 155 Å². The summed E-state index contributed by atoms with van der Waals surface area (Å²) < 4.78 is 0. The summed E-state index contributed by atoms with van der Waals surface area (Å²) in [6, 6.07) is 0. The van der Waals surface area contributed by atoms with Gasteiger partial charge in [0.15, 0.2) is 0 Å². The van der Waals surface area contributed by atoms with E-state index in [-0.39, 0.29) is 15.8 Å². The fourth-order valence-electron chi connectivity index (χ4n) is 9.76. The average molecular weight is 605 g/mol. The summed E-state index contributed by atoms with van der Waals surface area (Å²) in [5, 5.41) is 5.11. The van der Waals surface area contributed by atoms with Gasteiger partial charge in [-0.3, -0.25) is 0 Å². The number of rotatable bonds is 7. The first kappa shape index (κ1) is 32.7. The van der Waals surface area contributed by atoms with Gasteiger partial charge in [0.1, 0.15) is 0 Å². The van der Waals surface area contributed by atoms with Gasteiger partial charge in [0.25, 0.3) is 0 Å². The van der Waals surface area contributed by atoms with Crippen LogP contribution in [0, 0.1) is 29.6 Å². The van der Waals surface area contributed by atoms with E-state index in [2.05, 4.69) is 108 Å². The Morgan fingerprint density at radius 1 is 0.667 bits per heavy atom. The van der Waals surface area contributed by atoms with Crippen LogP contribution in [0.25, 0.3) is 0 Å². The van der Waals surface area contributed by atoms with E-state index in [9.17, 15) is 0 Å². The smallest absolute Gasteiger partial charge is 0.0770 e. The highest BCUT2D eigenvalue weighted by Gasteiger charge is 2.53. The SMILES string of the molecule is CC(C)(C)P(CC1C(CP(C(C)(C)C)C(C)(C)C)=CC([Si](C)(C)C)=C1[Si](C)(C)C)C1C2CC3CC(C2)CC1C3. The first-order valence-corrected chi connectivity index (χ1v) is 26.6. The lowest BCUT2D eigenvalue weighted by atomic mass is 9.56. The Bertz CT molecular complexity index is 929. The molecule has 0 heterocycles. The minimum absolute atomic E-state index is 0.0293. The topological polar surface area (TPSA) is 0 Å². The molecule has 4 heteroatoms. The predicted molar refractivity (Wildman–Crippen MR) is 189 cm³/mol. The lowest BCUT2D eigenvalue weighted by Gasteiger charge is -2.59. The van der Waals surface area contributed by atoms with E-state index in [1.54, 1.807) is 32.1 Å². The molecule has 0 aliphatic heterocycles. The van der Waals surface area contributed by atoms with Crippen molar-refractivity contribution in [1.82, 2.24) is 0 Å². The molecule has 4 bridgehead atoms. The fraction of sp³-hybridized carbons (Fsp3) is 0.886. The second-order valence-corrected chi connectivity index (χ2v) is 36.4. The largest absolute Gasteiger partial charge is 0.0965 e. The van der Waals surface area contributed by atoms with Crippen LogP contribution in [-0.4, -0.2) is 49.6 Å². The zero-order valence-electron chi connectivity index (χ0n) is 28.9. The van der Waals surface area contributed by atoms with Crippen molar-refractivity contribution in [3.63, 3.8) is 0 Å². The maximum absolute atomic E-state index is 2.87. The lowest BCUT2D eigenvalue weighted by Crippen LogP contribution is -2.49. The number of hydrogen-bond donors (Lipinski definition) is 0. The standard InChI is InChI=1S/C35H66P2Si2/c1-33(2,3)36(31-26-17-24-16-25(19-26)20-27(31)18-24)23-29-28(22-37(34(4,5)6)35(7,8)9)21-30(38(10,11)12)32(29)39(13,14)15/h21,24-27,29,31H,16-20,22-23H2,1-15H3. The van der Waals surface area contributed by atoms with E-state index in [1.807, 2.05) is 16.0 Å². The molecule has 0 amide bonds. The van der Waals surface area contributed by atoms with Crippen molar-refractivity contribution in [1.29, 1.82) is 0 Å². The molecule has 5 aliphatic rings. The van der Waals surface area contributed by atoms with Crippen LogP contribution in [0.4, 0.5) is 0 Å². The van der Waals surface area contributed by atoms with Crippen LogP contribution >= 0.6 is 15.8 Å². The monoisotopic (exact) mass is 604 g/mol. The van der Waals surface area contributed by atoms with E-state index in [0.717, 1.165) is 35.2 Å². The molecule has 0 N–H and O–H groups in total. The average Bonchev–Trinajstić information content (AvgIpc) is 3.07. The van der Waals surface area contributed by atoms with Crippen LogP contribution < -0.4 is 0 Å². The van der Waals surface area contributed by atoms with Crippen LogP contribution in [0.3, 0.4) is 0 Å². The molecule has 0 aromatic rings. The van der Waals surface area contributed by atoms with Crippen molar-refractivity contribution < 1.29 is 0 Å². The summed E-state index contributed by atoms with van der Waals surface area (Å²) in [5.74, 6) is 5.02. The zero-order chi connectivity index (χ0) is 29.5. The second-order valence-electron chi connectivity index (χ2n) is 19.3. The van der Waals surface area contributed by atoms with Crippen molar-refractivity contribution in [3.05, 3.63) is 22.0 Å². The molecule has 0 aromatic heterocycles. The molecule has 5 aliphatic carbocycles. The fourth-order valence-corrected chi connectivity index (χ4v) is 23.6. The van der Waals surface area contributed by atoms with E-state index in [1.165, 1.54) is 12.3 Å². The lowest BCUT2D eigenvalue weighted by molar-refractivity contribution is 0.0242. The molecular formula is C35H66P2Si2. The van der Waals surface area contributed by atoms with Gasteiger partial charge in [-0.05, 0) is 89.2 Å². The predicted octanol–water partition coefficient (Wildman–Crippen LogP) is 11.8. The van der Waals surface area contributed by atoms with Crippen LogP contribution in [0.15, 0.2) is 22.0 Å². The van der Waals surface area contributed by atoms with Gasteiger partial charge in [-0.15, -0.1) is 0 Å². The first-order chi connectivity index (χ1) is 17.5. The minimum Gasteiger partial charge on any atom is -0.0965 e. The maximum atomic E-state index is 2.87. The molecule has 2 atom stereocenters. The van der Waals surface area contributed by atoms with Gasteiger partial charge in [-0.1, -0.05) is 139 Å². The first-order valence-electron chi connectivity index (χ1n) is 16.5. The highest BCUT2D eigenvalue weighted by atomic mass is 31.1. The molecule has 0 radical (unpaired) electrons. The molecule has 0 spiro atoms. The van der Waals surface area contributed by atoms with Crippen molar-refractivity contribution in [2.75, 3.05) is 12.3 Å². The van der Waals surface area contributed by atoms with Gasteiger partial charge >= 0.3 is 0 Å². The zero-order valence-corrected chi connectivity index (χ0v) is 32.7. The maximum Gasteiger partial charge on any atom is 0.0770 e. The van der Waals surface area contributed by atoms with Crippen LogP contribution in [0.1, 0.15) is 94.4 Å². The molecule has 39 heavy (non-hydrogen) atoms. The molecular weight excluding hydrogens is 539 g/mol. The van der Waals surface area contributed by atoms with Gasteiger partial charge in [0.05, 0.1) is 16.1 Å². The Morgan fingerprint density at radius 2 is 1.13 bits per heavy atom. The van der Waals surface area contributed by atoms with Crippen LogP contribution in [0.2, 0.25) is 39.3 Å². The van der Waals surface area contributed by atoms with E-state index >= 15 is 0 Å². The third-order valence-electron chi connectivity index (χ3n) is 10.8. The summed E-state index contributed by atoms with van der Waals surface area (Å²) in [5.41, 5.74) is 2.93. The van der Waals surface area contributed by atoms with Gasteiger partial charge in [-0.2, -0.15) is 0 Å². The highest BCUT2D eigenvalue weighted by Crippen LogP contribution is 2.69. The molecule has 224 valence electrons. The van der Waals surface area contributed by atoms with Crippen LogP contribution in [-0.2, 0) is 0 Å². The highest BCUT2D eigenvalue weighted by molar-refractivity contribution is 7.61. The molecule has 2 unspecified atom stereocenters. The summed E-state index contributed by atoms with van der Waals surface area (Å²) in [7, 11) is -3.06. The normalized spacial score (nSPS) is 32.9. The molecule has 5 rings (SSSR count). The summed E-state index contributed by atoms with van der Waals surface area (Å²) in [6.45, 7) is 39.2. The van der Waals surface area contributed by atoms with E-state index in [0.29, 0.717) is 15.5 Å². The summed E-state index contributed by atoms with van der Waals surface area (Å²) in [6.07, 6.45) is 13.6. The Balaban J connectivity index is 1.78. The quantitative estimate of drug-likeness (QED) is 0.200. The Labute approximate surface area is 250 Å². The third kappa shape index (κ3) is 6.96. The molecule has 0 aromatic carbocycles. The molecule has 4 fully saturated rings. The van der Waals surface area contributed by atoms with Gasteiger partial charge in [-0.25, -0.2) is 0 Å².